The number of phenols is 1. The summed E-state index contributed by atoms with van der Waals surface area (Å²) in [5.74, 6) is -3.58. The Morgan fingerprint density at radius 1 is 0.485 bits per heavy atom. The summed E-state index contributed by atoms with van der Waals surface area (Å²) < 4.78 is 38.7. The van der Waals surface area contributed by atoms with Crippen LogP contribution in [0.25, 0.3) is 83.9 Å². The molecular formula is C64H65N3O. The van der Waals surface area contributed by atoms with Crippen molar-refractivity contribution in [3.8, 4) is 78.6 Å². The number of aromatic nitrogens is 3. The molecule has 2 heterocycles. The largest absolute Gasteiger partial charge is 0.507 e. The quantitative estimate of drug-likeness (QED) is 0.141. The number of benzene rings is 7. The van der Waals surface area contributed by atoms with Gasteiger partial charge in [-0.05, 0) is 150 Å². The van der Waals surface area contributed by atoms with Crippen LogP contribution in [0.4, 0.5) is 0 Å². The third-order valence-corrected chi connectivity index (χ3v) is 13.2. The van der Waals surface area contributed by atoms with E-state index in [1.165, 1.54) is 5.56 Å². The summed E-state index contributed by atoms with van der Waals surface area (Å²) >= 11 is 0. The number of imidazole rings is 1. The van der Waals surface area contributed by atoms with E-state index >= 15 is 0 Å². The highest BCUT2D eigenvalue weighted by atomic mass is 16.3. The Hall–Kier alpha value is -7.04. The van der Waals surface area contributed by atoms with Gasteiger partial charge in [0.25, 0.3) is 0 Å². The summed E-state index contributed by atoms with van der Waals surface area (Å²) in [4.78, 5) is 10.5. The van der Waals surface area contributed by atoms with Gasteiger partial charge < -0.3 is 5.11 Å². The molecule has 0 saturated heterocycles. The van der Waals surface area contributed by atoms with E-state index in [4.69, 9.17) is 11.3 Å². The number of pyridine rings is 1. The highest BCUT2D eigenvalue weighted by Crippen LogP contribution is 2.45. The molecule has 0 saturated carbocycles. The summed E-state index contributed by atoms with van der Waals surface area (Å²) in [7, 11) is 0. The van der Waals surface area contributed by atoms with Gasteiger partial charge in [-0.1, -0.05) is 179 Å². The minimum absolute atomic E-state index is 0.0600. The second-order valence-corrected chi connectivity index (χ2v) is 20.1. The summed E-state index contributed by atoms with van der Waals surface area (Å²) in [5.41, 5.74) is 16.2. The fourth-order valence-corrected chi connectivity index (χ4v) is 9.43. The Morgan fingerprint density at radius 2 is 1.13 bits per heavy atom. The molecule has 0 fully saturated rings. The van der Waals surface area contributed by atoms with Crippen molar-refractivity contribution in [3.63, 3.8) is 0 Å². The summed E-state index contributed by atoms with van der Waals surface area (Å²) in [6, 6.07) is 53.8. The van der Waals surface area contributed by atoms with Crippen molar-refractivity contribution in [2.75, 3.05) is 0 Å². The zero-order chi connectivity index (χ0) is 51.7. The topological polar surface area (TPSA) is 50.9 Å². The molecule has 0 unspecified atom stereocenters. The highest BCUT2D eigenvalue weighted by Gasteiger charge is 2.26. The molecule has 0 radical (unpaired) electrons. The van der Waals surface area contributed by atoms with Crippen LogP contribution in [0, 0.1) is 0 Å². The molecule has 1 N–H and O–H groups in total. The first kappa shape index (κ1) is 41.2. The van der Waals surface area contributed by atoms with Crippen LogP contribution in [0.1, 0.15) is 133 Å². The van der Waals surface area contributed by atoms with Crippen molar-refractivity contribution < 1.29 is 10.6 Å². The molecule has 0 aliphatic rings. The average Bonchev–Trinajstić information content (AvgIpc) is 3.72. The van der Waals surface area contributed by atoms with Crippen LogP contribution in [0.5, 0.6) is 5.75 Å². The SMILES string of the molecule is [2H]C(C)(C)c1ccc(-c2ccnc(-c3cc(-c4ccccc4)cc(-c4cccc5c4nc(-c4cc(C([2H])(C)C)cc(C([2H])(C)C)c4O)n5-c4ccc(-c5ccccc5C(C)(C)C)c(C([2H])(C)C)c4)c3)c2)cc1. The van der Waals surface area contributed by atoms with Crippen LogP contribution >= 0.6 is 0 Å². The zero-order valence-electron chi connectivity index (χ0n) is 45.4. The second kappa shape index (κ2) is 18.6. The fraction of sp³-hybridized carbons (Fsp3) is 0.250. The van der Waals surface area contributed by atoms with Gasteiger partial charge in [-0.25, -0.2) is 4.98 Å². The molecule has 7 aromatic carbocycles. The molecule has 4 heteroatoms. The number of hydrogen-bond acceptors (Lipinski definition) is 3. The second-order valence-electron chi connectivity index (χ2n) is 20.1. The average molecular weight is 896 g/mol. The predicted octanol–water partition coefficient (Wildman–Crippen LogP) is 17.9. The van der Waals surface area contributed by atoms with Gasteiger partial charge in [0.1, 0.15) is 11.6 Å². The maximum Gasteiger partial charge on any atom is 0.149 e. The summed E-state index contributed by atoms with van der Waals surface area (Å²) in [6.07, 6.45) is 1.85. The smallest absolute Gasteiger partial charge is 0.149 e. The van der Waals surface area contributed by atoms with E-state index in [2.05, 4.69) is 128 Å². The Bertz CT molecular complexity index is 3490. The lowest BCUT2D eigenvalue weighted by Gasteiger charge is -2.25. The zero-order valence-corrected chi connectivity index (χ0v) is 41.4. The van der Waals surface area contributed by atoms with Crippen LogP contribution in [0.2, 0.25) is 0 Å². The molecule has 2 aromatic heterocycles. The Labute approximate surface area is 410 Å². The van der Waals surface area contributed by atoms with Gasteiger partial charge >= 0.3 is 0 Å². The van der Waals surface area contributed by atoms with E-state index in [1.54, 1.807) is 19.9 Å². The lowest BCUT2D eigenvalue weighted by atomic mass is 9.80. The van der Waals surface area contributed by atoms with Crippen LogP contribution < -0.4 is 0 Å². The number of nitrogens with zero attached hydrogens (tertiary/aromatic N) is 3. The summed E-state index contributed by atoms with van der Waals surface area (Å²) in [6.45, 7) is 21.4. The molecule has 0 atom stereocenters. The third kappa shape index (κ3) is 8.93. The Morgan fingerprint density at radius 3 is 1.82 bits per heavy atom. The number of aromatic hydroxyl groups is 1. The van der Waals surface area contributed by atoms with Crippen LogP contribution in [0.3, 0.4) is 0 Å². The van der Waals surface area contributed by atoms with Gasteiger partial charge in [-0.15, -0.1) is 0 Å². The van der Waals surface area contributed by atoms with Gasteiger partial charge in [-0.3, -0.25) is 9.55 Å². The van der Waals surface area contributed by atoms with Gasteiger partial charge in [0.05, 0.1) is 22.3 Å². The van der Waals surface area contributed by atoms with E-state index in [0.29, 0.717) is 28.0 Å². The molecule has 0 spiro atoms. The van der Waals surface area contributed by atoms with Gasteiger partial charge in [0.15, 0.2) is 0 Å². The summed E-state index contributed by atoms with van der Waals surface area (Å²) in [5, 5.41) is 12.4. The lowest BCUT2D eigenvalue weighted by molar-refractivity contribution is 0.466. The maximum absolute atomic E-state index is 12.4. The number of fused-ring (bicyclic) bond motifs is 1. The molecule has 342 valence electrons. The van der Waals surface area contributed by atoms with Crippen molar-refractivity contribution >= 4 is 11.0 Å². The van der Waals surface area contributed by atoms with Crippen LogP contribution in [0.15, 0.2) is 164 Å². The maximum atomic E-state index is 12.4. The lowest BCUT2D eigenvalue weighted by Crippen LogP contribution is -2.13. The van der Waals surface area contributed by atoms with E-state index in [9.17, 15) is 9.22 Å². The Kier molecular flexibility index (Phi) is 11.2. The molecule has 9 rings (SSSR count). The van der Waals surface area contributed by atoms with Crippen LogP contribution in [-0.2, 0) is 5.41 Å². The van der Waals surface area contributed by atoms with Gasteiger partial charge in [0.2, 0.25) is 0 Å². The molecule has 68 heavy (non-hydrogen) atoms. The van der Waals surface area contributed by atoms with E-state index in [1.807, 2.05) is 96.3 Å². The molecule has 4 nitrogen and oxygen atoms in total. The first-order valence-corrected chi connectivity index (χ1v) is 23.7. The van der Waals surface area contributed by atoms with Crippen molar-refractivity contribution in [2.24, 2.45) is 0 Å². The van der Waals surface area contributed by atoms with Crippen molar-refractivity contribution in [1.82, 2.24) is 14.5 Å². The highest BCUT2D eigenvalue weighted by molar-refractivity contribution is 5.98. The number of para-hydroxylation sites is 1. The molecule has 0 aliphatic heterocycles. The monoisotopic (exact) mass is 896 g/mol. The standard InChI is InChI=1S/C64H65N3O/c1-39(2)43-24-26-45(27-25-43)46-30-31-65-59(37-46)50-33-48(44-18-13-12-14-19-44)32-49(34-50)52-21-17-23-60-61(52)66-63(57-36-47(40(3)4)35-56(42(7)8)62(57)68)67(60)51-28-29-53(55(38-51)41(5)6)54-20-15-16-22-58(54)64(9,10)11/h12-42,68H,1-11H3/i39D,40D,41D,42D. The number of phenolic OH excluding ortho intramolecular Hbond substituents is 1. The molecule has 9 aromatic rings. The molecule has 0 amide bonds. The first-order valence-electron chi connectivity index (χ1n) is 25.7. The molecule has 0 bridgehead atoms. The third-order valence-electron chi connectivity index (χ3n) is 13.2. The Balaban J connectivity index is 1.32. The van der Waals surface area contributed by atoms with Gasteiger partial charge in [0, 0.05) is 28.5 Å². The predicted molar refractivity (Wildman–Crippen MR) is 288 cm³/mol. The van der Waals surface area contributed by atoms with Crippen molar-refractivity contribution in [3.05, 3.63) is 192 Å². The minimum Gasteiger partial charge on any atom is -0.507 e. The van der Waals surface area contributed by atoms with Crippen molar-refractivity contribution in [2.45, 2.75) is 105 Å². The molecular weight excluding hydrogens is 827 g/mol. The van der Waals surface area contributed by atoms with Crippen molar-refractivity contribution in [1.29, 1.82) is 0 Å². The minimum atomic E-state index is -1.20. The number of rotatable bonds is 11. The molecule has 0 aliphatic carbocycles. The number of hydrogen-bond donors (Lipinski definition) is 1. The normalized spacial score (nSPS) is 13.5. The van der Waals surface area contributed by atoms with Gasteiger partial charge in [-0.2, -0.15) is 0 Å². The van der Waals surface area contributed by atoms with E-state index < -0.39 is 23.6 Å². The fourth-order valence-electron chi connectivity index (χ4n) is 9.43. The van der Waals surface area contributed by atoms with E-state index in [-0.39, 0.29) is 11.2 Å². The first-order chi connectivity index (χ1) is 33.8. The van der Waals surface area contributed by atoms with E-state index in [0.717, 1.165) is 78.1 Å². The van der Waals surface area contributed by atoms with Crippen LogP contribution in [-0.4, -0.2) is 19.6 Å².